The van der Waals surface area contributed by atoms with Crippen LogP contribution in [0.5, 0.6) is 0 Å². The summed E-state index contributed by atoms with van der Waals surface area (Å²) in [6.07, 6.45) is 4.15. The third kappa shape index (κ3) is 4.43. The van der Waals surface area contributed by atoms with Gasteiger partial charge in [0.15, 0.2) is 0 Å². The van der Waals surface area contributed by atoms with Crippen molar-refractivity contribution in [3.8, 4) is 0 Å². The Morgan fingerprint density at radius 3 is 2.27 bits per heavy atom. The topological polar surface area (TPSA) is 64.3 Å². The fourth-order valence-electron chi connectivity index (χ4n) is 4.09. The average molecular weight is 403 g/mol. The van der Waals surface area contributed by atoms with Crippen molar-refractivity contribution in [2.75, 3.05) is 6.54 Å². The lowest BCUT2D eigenvalue weighted by Crippen LogP contribution is -2.45. The fourth-order valence-corrected chi connectivity index (χ4v) is 4.09. The lowest BCUT2D eigenvalue weighted by atomic mass is 10.0. The molecule has 1 aliphatic heterocycles. The molecule has 30 heavy (non-hydrogen) atoms. The standard InChI is InChI=1S/C24H25N3O3/c28-22-13-15-25(17-20-10-5-2-6-11-20)24(30)27(22)18-23(29)26-14-7-12-21(26)16-19-8-3-1-4-9-19/h1-6,8-11,13,15,21H,7,12,14,16-18H2/t21-/m1/s1. The van der Waals surface area contributed by atoms with Crippen LogP contribution in [0.15, 0.2) is 82.5 Å². The Labute approximate surface area is 175 Å². The molecule has 6 nitrogen and oxygen atoms in total. The van der Waals surface area contributed by atoms with E-state index in [0.717, 1.165) is 29.4 Å². The number of rotatable bonds is 6. The van der Waals surface area contributed by atoms with Crippen molar-refractivity contribution in [3.05, 3.63) is 105 Å². The van der Waals surface area contributed by atoms with Crippen LogP contribution in [-0.4, -0.2) is 32.5 Å². The number of carbonyl (C=O) groups excluding carboxylic acids is 1. The maximum Gasteiger partial charge on any atom is 0.331 e. The van der Waals surface area contributed by atoms with Gasteiger partial charge in [0.1, 0.15) is 6.54 Å². The van der Waals surface area contributed by atoms with Crippen LogP contribution in [0, 0.1) is 0 Å². The molecule has 2 aromatic carbocycles. The minimum Gasteiger partial charge on any atom is -0.338 e. The molecule has 0 unspecified atom stereocenters. The van der Waals surface area contributed by atoms with Crippen molar-refractivity contribution in [3.63, 3.8) is 0 Å². The molecule has 2 heterocycles. The molecule has 0 saturated carbocycles. The Hall–Kier alpha value is -3.41. The average Bonchev–Trinajstić information content (AvgIpc) is 3.23. The summed E-state index contributed by atoms with van der Waals surface area (Å²) in [6.45, 7) is 0.795. The van der Waals surface area contributed by atoms with Crippen LogP contribution in [0.3, 0.4) is 0 Å². The summed E-state index contributed by atoms with van der Waals surface area (Å²) in [7, 11) is 0. The van der Waals surface area contributed by atoms with Crippen molar-refractivity contribution < 1.29 is 4.79 Å². The van der Waals surface area contributed by atoms with E-state index in [9.17, 15) is 14.4 Å². The van der Waals surface area contributed by atoms with E-state index in [1.165, 1.54) is 22.4 Å². The summed E-state index contributed by atoms with van der Waals surface area (Å²) >= 11 is 0. The van der Waals surface area contributed by atoms with Crippen LogP contribution in [0.4, 0.5) is 0 Å². The third-order valence-electron chi connectivity index (χ3n) is 5.64. The van der Waals surface area contributed by atoms with Gasteiger partial charge in [0, 0.05) is 24.8 Å². The Morgan fingerprint density at radius 1 is 0.900 bits per heavy atom. The number of amides is 1. The highest BCUT2D eigenvalue weighted by atomic mass is 16.2. The molecule has 1 saturated heterocycles. The predicted molar refractivity (Wildman–Crippen MR) is 115 cm³/mol. The first-order chi connectivity index (χ1) is 14.6. The molecule has 0 spiro atoms. The summed E-state index contributed by atoms with van der Waals surface area (Å²) in [5, 5.41) is 0. The molecule has 154 valence electrons. The highest BCUT2D eigenvalue weighted by molar-refractivity contribution is 5.76. The normalized spacial score (nSPS) is 16.0. The minimum atomic E-state index is -0.460. The molecule has 0 bridgehead atoms. The van der Waals surface area contributed by atoms with Crippen LogP contribution >= 0.6 is 0 Å². The SMILES string of the molecule is O=C(Cn1c(=O)ccn(Cc2ccccc2)c1=O)N1CCC[C@@H]1Cc1ccccc1. The molecule has 0 aliphatic carbocycles. The van der Waals surface area contributed by atoms with Gasteiger partial charge in [-0.15, -0.1) is 0 Å². The maximum atomic E-state index is 13.0. The minimum absolute atomic E-state index is 0.103. The molecule has 0 N–H and O–H groups in total. The lowest BCUT2D eigenvalue weighted by Gasteiger charge is -2.25. The van der Waals surface area contributed by atoms with Gasteiger partial charge < -0.3 is 4.90 Å². The van der Waals surface area contributed by atoms with Crippen molar-refractivity contribution in [2.45, 2.75) is 38.4 Å². The summed E-state index contributed by atoms with van der Waals surface area (Å²) in [6, 6.07) is 21.1. The third-order valence-corrected chi connectivity index (χ3v) is 5.64. The van der Waals surface area contributed by atoms with E-state index in [0.29, 0.717) is 13.1 Å². The Kier molecular flexibility index (Phi) is 5.93. The number of aromatic nitrogens is 2. The number of carbonyl (C=O) groups is 1. The molecule has 1 aromatic heterocycles. The smallest absolute Gasteiger partial charge is 0.331 e. The van der Waals surface area contributed by atoms with Crippen molar-refractivity contribution in [2.24, 2.45) is 0 Å². The molecule has 3 aromatic rings. The van der Waals surface area contributed by atoms with Crippen molar-refractivity contribution in [1.29, 1.82) is 0 Å². The molecular weight excluding hydrogens is 378 g/mol. The summed E-state index contributed by atoms with van der Waals surface area (Å²) < 4.78 is 2.51. The molecule has 1 aliphatic rings. The second kappa shape index (κ2) is 8.95. The van der Waals surface area contributed by atoms with Crippen molar-refractivity contribution in [1.82, 2.24) is 14.0 Å². The van der Waals surface area contributed by atoms with E-state index in [-0.39, 0.29) is 18.5 Å². The molecule has 0 radical (unpaired) electrons. The van der Waals surface area contributed by atoms with Gasteiger partial charge in [-0.1, -0.05) is 60.7 Å². The van der Waals surface area contributed by atoms with Crippen LogP contribution in [-0.2, 0) is 24.3 Å². The van der Waals surface area contributed by atoms with Gasteiger partial charge in [-0.2, -0.15) is 0 Å². The van der Waals surface area contributed by atoms with Crippen LogP contribution in [0.2, 0.25) is 0 Å². The first-order valence-corrected chi connectivity index (χ1v) is 10.3. The summed E-state index contributed by atoms with van der Waals surface area (Å²) in [5.41, 5.74) is 1.23. The number of hydrogen-bond donors (Lipinski definition) is 0. The second-order valence-corrected chi connectivity index (χ2v) is 7.71. The number of nitrogens with zero attached hydrogens (tertiary/aromatic N) is 3. The van der Waals surface area contributed by atoms with Gasteiger partial charge in [-0.25, -0.2) is 4.79 Å². The van der Waals surface area contributed by atoms with Gasteiger partial charge in [0.2, 0.25) is 5.91 Å². The van der Waals surface area contributed by atoms with Gasteiger partial charge in [0.05, 0.1) is 6.54 Å². The van der Waals surface area contributed by atoms with E-state index < -0.39 is 11.2 Å². The van der Waals surface area contributed by atoms with E-state index in [1.54, 1.807) is 0 Å². The van der Waals surface area contributed by atoms with Gasteiger partial charge in [-0.3, -0.25) is 18.7 Å². The quantitative estimate of drug-likeness (QED) is 0.634. The molecule has 1 fully saturated rings. The van der Waals surface area contributed by atoms with Gasteiger partial charge >= 0.3 is 5.69 Å². The van der Waals surface area contributed by atoms with E-state index in [4.69, 9.17) is 0 Å². The zero-order valence-electron chi connectivity index (χ0n) is 16.8. The lowest BCUT2D eigenvalue weighted by molar-refractivity contribution is -0.132. The Morgan fingerprint density at radius 2 is 1.57 bits per heavy atom. The zero-order chi connectivity index (χ0) is 20.9. The van der Waals surface area contributed by atoms with Crippen LogP contribution < -0.4 is 11.2 Å². The largest absolute Gasteiger partial charge is 0.338 e. The Balaban J connectivity index is 1.52. The molecule has 1 atom stereocenters. The van der Waals surface area contributed by atoms with Crippen LogP contribution in [0.1, 0.15) is 24.0 Å². The molecular formula is C24H25N3O3. The summed E-state index contributed by atoms with van der Waals surface area (Å²) in [5.74, 6) is -0.176. The van der Waals surface area contributed by atoms with E-state index in [2.05, 4.69) is 12.1 Å². The summed E-state index contributed by atoms with van der Waals surface area (Å²) in [4.78, 5) is 40.1. The zero-order valence-corrected chi connectivity index (χ0v) is 16.8. The number of benzene rings is 2. The van der Waals surface area contributed by atoms with Gasteiger partial charge in [-0.05, 0) is 30.4 Å². The predicted octanol–water partition coefficient (Wildman–Crippen LogP) is 2.29. The van der Waals surface area contributed by atoms with E-state index >= 15 is 0 Å². The highest BCUT2D eigenvalue weighted by Gasteiger charge is 2.29. The van der Waals surface area contributed by atoms with Crippen LogP contribution in [0.25, 0.3) is 0 Å². The molecule has 1 amide bonds. The fraction of sp³-hybridized carbons (Fsp3) is 0.292. The maximum absolute atomic E-state index is 13.0. The second-order valence-electron chi connectivity index (χ2n) is 7.71. The Bertz CT molecular complexity index is 1120. The molecule has 4 rings (SSSR count). The number of likely N-dealkylation sites (tertiary alicyclic amines) is 1. The first-order valence-electron chi connectivity index (χ1n) is 10.3. The highest BCUT2D eigenvalue weighted by Crippen LogP contribution is 2.21. The van der Waals surface area contributed by atoms with E-state index in [1.807, 2.05) is 53.4 Å². The molecule has 6 heteroatoms. The first kappa shape index (κ1) is 19.9. The monoisotopic (exact) mass is 403 g/mol. The van der Waals surface area contributed by atoms with Crippen molar-refractivity contribution >= 4 is 5.91 Å². The number of hydrogen-bond acceptors (Lipinski definition) is 3. The van der Waals surface area contributed by atoms with Gasteiger partial charge in [0.25, 0.3) is 5.56 Å².